The largest absolute Gasteiger partial charge is 0.0870 e. The second-order valence-electron chi connectivity index (χ2n) is 2.81. The van der Waals surface area contributed by atoms with Gasteiger partial charge in [0.05, 0.1) is 0 Å². The van der Waals surface area contributed by atoms with Gasteiger partial charge in [0, 0.05) is 0 Å². The molecule has 0 aliphatic heterocycles. The minimum absolute atomic E-state index is 0. The maximum absolute atomic E-state index is 2.16. The van der Waals surface area contributed by atoms with Gasteiger partial charge in [-0.05, 0) is 37.5 Å². The van der Waals surface area contributed by atoms with Gasteiger partial charge < -0.3 is 0 Å². The summed E-state index contributed by atoms with van der Waals surface area (Å²) in [5.41, 5.74) is 4.06. The Bertz CT molecular complexity index is 249. The first-order valence-corrected chi connectivity index (χ1v) is 4.94. The van der Waals surface area contributed by atoms with Gasteiger partial charge in [-0.2, -0.15) is 0 Å². The Hall–Kier alpha value is -1.04. The van der Waals surface area contributed by atoms with Gasteiger partial charge in [0.1, 0.15) is 0 Å². The molecule has 0 radical (unpaired) electrons. The zero-order valence-corrected chi connectivity index (χ0v) is 9.39. The van der Waals surface area contributed by atoms with Crippen LogP contribution in [-0.2, 0) is 0 Å². The second kappa shape index (κ2) is 8.55. The molecule has 0 atom stereocenters. The maximum Gasteiger partial charge on any atom is -0.0201 e. The van der Waals surface area contributed by atoms with Crippen molar-refractivity contribution in [3.8, 4) is 0 Å². The minimum atomic E-state index is 0. The average Bonchev–Trinajstić information content (AvgIpc) is 2.15. The SMILES string of the molecule is C.C/C=C\c1c(C)cccc1C.CC. The van der Waals surface area contributed by atoms with E-state index in [0.29, 0.717) is 0 Å². The molecule has 0 saturated heterocycles. The van der Waals surface area contributed by atoms with Crippen molar-refractivity contribution in [1.29, 1.82) is 0 Å². The maximum atomic E-state index is 2.16. The topological polar surface area (TPSA) is 0 Å². The molecule has 14 heavy (non-hydrogen) atoms. The summed E-state index contributed by atoms with van der Waals surface area (Å²) in [6, 6.07) is 6.38. The van der Waals surface area contributed by atoms with Gasteiger partial charge in [-0.3, -0.25) is 0 Å². The van der Waals surface area contributed by atoms with Crippen molar-refractivity contribution in [2.75, 3.05) is 0 Å². The van der Waals surface area contributed by atoms with Crippen LogP contribution in [0.15, 0.2) is 24.3 Å². The summed E-state index contributed by atoms with van der Waals surface area (Å²) in [5, 5.41) is 0. The highest BCUT2D eigenvalue weighted by molar-refractivity contribution is 5.57. The molecule has 0 heteroatoms. The van der Waals surface area contributed by atoms with Crippen molar-refractivity contribution in [2.24, 2.45) is 0 Å². The molecular weight excluding hydrogens is 168 g/mol. The first-order chi connectivity index (χ1) is 6.25. The number of hydrogen-bond acceptors (Lipinski definition) is 0. The molecular formula is C14H24. The van der Waals surface area contributed by atoms with Gasteiger partial charge in [-0.25, -0.2) is 0 Å². The van der Waals surface area contributed by atoms with Crippen LogP contribution in [0, 0.1) is 13.8 Å². The van der Waals surface area contributed by atoms with Gasteiger partial charge in [0.15, 0.2) is 0 Å². The summed E-state index contributed by atoms with van der Waals surface area (Å²) >= 11 is 0. The molecule has 0 N–H and O–H groups in total. The molecule has 0 aliphatic rings. The zero-order chi connectivity index (χ0) is 10.3. The van der Waals surface area contributed by atoms with Crippen LogP contribution in [0.4, 0.5) is 0 Å². The third kappa shape index (κ3) is 4.27. The molecule has 0 nitrogen and oxygen atoms in total. The van der Waals surface area contributed by atoms with E-state index >= 15 is 0 Å². The van der Waals surface area contributed by atoms with E-state index in [2.05, 4.69) is 44.2 Å². The molecule has 0 fully saturated rings. The lowest BCUT2D eigenvalue weighted by Crippen LogP contribution is -1.83. The smallest absolute Gasteiger partial charge is 0.0201 e. The van der Waals surface area contributed by atoms with Crippen LogP contribution in [0.25, 0.3) is 6.08 Å². The van der Waals surface area contributed by atoms with E-state index in [1.54, 1.807) is 0 Å². The van der Waals surface area contributed by atoms with Crippen LogP contribution in [0.5, 0.6) is 0 Å². The van der Waals surface area contributed by atoms with E-state index in [0.717, 1.165) is 0 Å². The van der Waals surface area contributed by atoms with Crippen molar-refractivity contribution >= 4 is 6.08 Å². The predicted molar refractivity (Wildman–Crippen MR) is 68.7 cm³/mol. The summed E-state index contributed by atoms with van der Waals surface area (Å²) in [7, 11) is 0. The van der Waals surface area contributed by atoms with Gasteiger partial charge in [0.25, 0.3) is 0 Å². The molecule has 1 rings (SSSR count). The molecule has 0 aromatic heterocycles. The highest BCUT2D eigenvalue weighted by Crippen LogP contribution is 2.14. The van der Waals surface area contributed by atoms with Gasteiger partial charge in [-0.1, -0.05) is 51.6 Å². The third-order valence-electron chi connectivity index (χ3n) is 1.88. The fourth-order valence-corrected chi connectivity index (χ4v) is 1.26. The van der Waals surface area contributed by atoms with Crippen LogP contribution >= 0.6 is 0 Å². The fraction of sp³-hybridized carbons (Fsp3) is 0.429. The number of rotatable bonds is 1. The molecule has 1 aromatic rings. The van der Waals surface area contributed by atoms with E-state index in [4.69, 9.17) is 0 Å². The Morgan fingerprint density at radius 3 is 1.79 bits per heavy atom. The van der Waals surface area contributed by atoms with E-state index in [1.807, 2.05) is 20.8 Å². The Labute approximate surface area is 89.7 Å². The van der Waals surface area contributed by atoms with Crippen LogP contribution in [-0.4, -0.2) is 0 Å². The summed E-state index contributed by atoms with van der Waals surface area (Å²) < 4.78 is 0. The molecule has 0 saturated carbocycles. The first-order valence-electron chi connectivity index (χ1n) is 4.94. The predicted octanol–water partition coefficient (Wildman–Crippen LogP) is 5.00. The van der Waals surface area contributed by atoms with Crippen molar-refractivity contribution in [2.45, 2.75) is 42.0 Å². The highest BCUT2D eigenvalue weighted by Gasteiger charge is 1.95. The first kappa shape index (κ1) is 15.4. The summed E-state index contributed by atoms with van der Waals surface area (Å²) in [6.07, 6.45) is 4.24. The fourth-order valence-electron chi connectivity index (χ4n) is 1.26. The molecule has 0 heterocycles. The second-order valence-corrected chi connectivity index (χ2v) is 2.81. The van der Waals surface area contributed by atoms with Crippen molar-refractivity contribution < 1.29 is 0 Å². The van der Waals surface area contributed by atoms with Crippen LogP contribution in [0.3, 0.4) is 0 Å². The number of benzene rings is 1. The third-order valence-corrected chi connectivity index (χ3v) is 1.88. The molecule has 80 valence electrons. The van der Waals surface area contributed by atoms with Crippen LogP contribution in [0.1, 0.15) is 44.9 Å². The molecule has 0 amide bonds. The number of allylic oxidation sites excluding steroid dienone is 1. The lowest BCUT2D eigenvalue weighted by atomic mass is 10.0. The van der Waals surface area contributed by atoms with Gasteiger partial charge in [-0.15, -0.1) is 0 Å². The monoisotopic (exact) mass is 192 g/mol. The number of aryl methyl sites for hydroxylation is 2. The molecule has 0 unspecified atom stereocenters. The average molecular weight is 192 g/mol. The zero-order valence-electron chi connectivity index (χ0n) is 9.39. The molecule has 0 aliphatic carbocycles. The molecule has 0 spiro atoms. The van der Waals surface area contributed by atoms with Gasteiger partial charge >= 0.3 is 0 Å². The van der Waals surface area contributed by atoms with Crippen molar-refractivity contribution in [3.63, 3.8) is 0 Å². The Kier molecular flexibility index (Phi) is 9.43. The van der Waals surface area contributed by atoms with Gasteiger partial charge in [0.2, 0.25) is 0 Å². The highest BCUT2D eigenvalue weighted by atomic mass is 14.0. The lowest BCUT2D eigenvalue weighted by Gasteiger charge is -2.02. The normalized spacial score (nSPS) is 8.93. The quantitative estimate of drug-likeness (QED) is 0.587. The van der Waals surface area contributed by atoms with Crippen molar-refractivity contribution in [1.82, 2.24) is 0 Å². The minimum Gasteiger partial charge on any atom is -0.0870 e. The molecule has 0 bridgehead atoms. The lowest BCUT2D eigenvalue weighted by molar-refractivity contribution is 1.35. The summed E-state index contributed by atoms with van der Waals surface area (Å²) in [4.78, 5) is 0. The standard InChI is InChI=1S/C11H14.C2H6.CH4/c1-4-6-11-9(2)7-5-8-10(11)3;1-2;/h4-8H,1-3H3;1-2H3;1H4/b6-4-;;. The van der Waals surface area contributed by atoms with E-state index in [-0.39, 0.29) is 7.43 Å². The number of hydrogen-bond donors (Lipinski definition) is 0. The van der Waals surface area contributed by atoms with E-state index in [1.165, 1.54) is 16.7 Å². The van der Waals surface area contributed by atoms with E-state index in [9.17, 15) is 0 Å². The molecule has 1 aromatic carbocycles. The Morgan fingerprint density at radius 1 is 1.00 bits per heavy atom. The van der Waals surface area contributed by atoms with E-state index < -0.39 is 0 Å². The Morgan fingerprint density at radius 2 is 1.43 bits per heavy atom. The Balaban J connectivity index is 0. The summed E-state index contributed by atoms with van der Waals surface area (Å²) in [6.45, 7) is 10.3. The van der Waals surface area contributed by atoms with Crippen molar-refractivity contribution in [3.05, 3.63) is 41.0 Å². The summed E-state index contributed by atoms with van der Waals surface area (Å²) in [5.74, 6) is 0. The van der Waals surface area contributed by atoms with Crippen LogP contribution in [0.2, 0.25) is 0 Å². The van der Waals surface area contributed by atoms with Crippen LogP contribution < -0.4 is 0 Å².